The van der Waals surface area contributed by atoms with Gasteiger partial charge in [0.2, 0.25) is 0 Å². The molecule has 0 aromatic heterocycles. The van der Waals surface area contributed by atoms with Gasteiger partial charge in [0.25, 0.3) is 0 Å². The number of alkyl halides is 3. The molecule has 0 fully saturated rings. The number of β-amino-alcohol motifs (C(OH)–C–C–N with tert-alkyl or cyclic N) is 1. The highest BCUT2D eigenvalue weighted by atomic mass is 19.4. The summed E-state index contributed by atoms with van der Waals surface area (Å²) in [5, 5.41) is 24.4. The number of hydrogen-bond acceptors (Lipinski definition) is 6. The van der Waals surface area contributed by atoms with Crippen LogP contribution in [-0.4, -0.2) is 59.1 Å². The highest BCUT2D eigenvalue weighted by Gasteiger charge is 2.35. The Bertz CT molecular complexity index is 836. The first-order chi connectivity index (χ1) is 13.2. The molecule has 0 saturated heterocycles. The van der Waals surface area contributed by atoms with Gasteiger partial charge in [-0.3, -0.25) is 5.01 Å². The minimum atomic E-state index is -4.60. The summed E-state index contributed by atoms with van der Waals surface area (Å²) in [5.74, 6) is -1.12. The summed E-state index contributed by atoms with van der Waals surface area (Å²) in [5.41, 5.74) is 7.31. The first-order valence-corrected chi connectivity index (χ1v) is 8.49. The number of amidine groups is 1. The van der Waals surface area contributed by atoms with Gasteiger partial charge in [-0.25, -0.2) is 4.39 Å². The van der Waals surface area contributed by atoms with Crippen LogP contribution >= 0.6 is 0 Å². The number of rotatable bonds is 6. The normalized spacial score (nSPS) is 20.3. The van der Waals surface area contributed by atoms with E-state index in [1.165, 1.54) is 17.1 Å². The largest absolute Gasteiger partial charge is 0.480 e. The lowest BCUT2D eigenvalue weighted by Crippen LogP contribution is -2.37. The smallest absolute Gasteiger partial charge is 0.422 e. The Labute approximate surface area is 158 Å². The summed E-state index contributed by atoms with van der Waals surface area (Å²) in [6, 6.07) is 3.50. The van der Waals surface area contributed by atoms with E-state index in [9.17, 15) is 22.7 Å². The molecule has 2 atom stereocenters. The minimum Gasteiger partial charge on any atom is -0.480 e. The third-order valence-corrected chi connectivity index (χ3v) is 4.43. The van der Waals surface area contributed by atoms with Crippen molar-refractivity contribution in [3.05, 3.63) is 47.3 Å². The minimum absolute atomic E-state index is 0.0209. The number of nitrogens with two attached hydrogens (primary N) is 1. The van der Waals surface area contributed by atoms with E-state index in [1.54, 1.807) is 12.2 Å². The van der Waals surface area contributed by atoms with Gasteiger partial charge in [-0.2, -0.15) is 18.3 Å². The zero-order valence-electron chi connectivity index (χ0n) is 14.7. The van der Waals surface area contributed by atoms with Crippen LogP contribution in [0.25, 0.3) is 5.57 Å². The van der Waals surface area contributed by atoms with Crippen molar-refractivity contribution in [2.45, 2.75) is 24.7 Å². The van der Waals surface area contributed by atoms with Gasteiger partial charge < -0.3 is 20.7 Å². The summed E-state index contributed by atoms with van der Waals surface area (Å²) in [6.07, 6.45) is -2.08. The summed E-state index contributed by atoms with van der Waals surface area (Å²) < 4.78 is 56.4. The summed E-state index contributed by atoms with van der Waals surface area (Å²) in [6.45, 7) is -2.05. The predicted molar refractivity (Wildman–Crippen MR) is 93.8 cm³/mol. The molecule has 10 heteroatoms. The maximum atomic E-state index is 14.2. The zero-order chi connectivity index (χ0) is 20.5. The van der Waals surface area contributed by atoms with Gasteiger partial charge >= 0.3 is 6.18 Å². The number of benzene rings is 1. The molecule has 6 nitrogen and oxygen atoms in total. The highest BCUT2D eigenvalue weighted by Crippen LogP contribution is 2.38. The number of aliphatic hydroxyl groups is 2. The Hall–Kier alpha value is -2.59. The van der Waals surface area contributed by atoms with E-state index in [0.29, 0.717) is 11.1 Å². The predicted octanol–water partition coefficient (Wildman–Crippen LogP) is 1.79. The van der Waals surface area contributed by atoms with Gasteiger partial charge in [-0.05, 0) is 18.1 Å². The zero-order valence-corrected chi connectivity index (χ0v) is 14.7. The fourth-order valence-corrected chi connectivity index (χ4v) is 3.18. The highest BCUT2D eigenvalue weighted by molar-refractivity contribution is 6.01. The number of aliphatic hydroxyl groups excluding tert-OH is 2. The molecule has 1 aliphatic carbocycles. The van der Waals surface area contributed by atoms with E-state index in [1.807, 2.05) is 0 Å². The lowest BCUT2D eigenvalue weighted by molar-refractivity contribution is -0.153. The molecule has 0 saturated carbocycles. The van der Waals surface area contributed by atoms with Crippen LogP contribution in [0.2, 0.25) is 0 Å². The van der Waals surface area contributed by atoms with Crippen molar-refractivity contribution in [3.8, 4) is 5.75 Å². The van der Waals surface area contributed by atoms with Crippen molar-refractivity contribution < 1.29 is 32.5 Å². The quantitative estimate of drug-likeness (QED) is 0.633. The fraction of sp³-hybridized carbons (Fsp3) is 0.389. The molecule has 2 unspecified atom stereocenters. The second-order valence-corrected chi connectivity index (χ2v) is 6.50. The van der Waals surface area contributed by atoms with Gasteiger partial charge in [0, 0.05) is 11.1 Å². The summed E-state index contributed by atoms with van der Waals surface area (Å²) in [4.78, 5) is 0. The van der Waals surface area contributed by atoms with E-state index in [0.717, 1.165) is 6.07 Å². The first kappa shape index (κ1) is 20.2. The molecular weight excluding hydrogens is 382 g/mol. The van der Waals surface area contributed by atoms with Crippen LogP contribution in [0.5, 0.6) is 5.75 Å². The van der Waals surface area contributed by atoms with E-state index < -0.39 is 37.1 Å². The second-order valence-electron chi connectivity index (χ2n) is 6.50. The van der Waals surface area contributed by atoms with E-state index in [2.05, 4.69) is 5.10 Å². The SMILES string of the molecule is NC1=NN(CC(O)CO)C2CC(c3cccc(F)c3OCC(F)(F)F)=CC=C12. The molecule has 4 N–H and O–H groups in total. The molecule has 0 spiro atoms. The average molecular weight is 401 g/mol. The van der Waals surface area contributed by atoms with Crippen molar-refractivity contribution in [2.24, 2.45) is 10.8 Å². The molecule has 0 radical (unpaired) electrons. The Balaban J connectivity index is 1.88. The maximum Gasteiger partial charge on any atom is 0.422 e. The molecule has 152 valence electrons. The van der Waals surface area contributed by atoms with Crippen LogP contribution in [0.1, 0.15) is 12.0 Å². The van der Waals surface area contributed by atoms with Crippen LogP contribution in [0, 0.1) is 5.82 Å². The van der Waals surface area contributed by atoms with Crippen molar-refractivity contribution in [2.75, 3.05) is 19.8 Å². The molecule has 3 rings (SSSR count). The van der Waals surface area contributed by atoms with Crippen LogP contribution < -0.4 is 10.5 Å². The lowest BCUT2D eigenvalue weighted by atomic mass is 9.88. The van der Waals surface area contributed by atoms with Crippen molar-refractivity contribution in [1.82, 2.24) is 5.01 Å². The van der Waals surface area contributed by atoms with Gasteiger partial charge in [-0.1, -0.05) is 24.3 Å². The third-order valence-electron chi connectivity index (χ3n) is 4.43. The van der Waals surface area contributed by atoms with E-state index in [-0.39, 0.29) is 30.4 Å². The number of allylic oxidation sites excluding steroid dienone is 2. The standard InChI is InChI=1S/C18H19F4N3O3/c19-14-3-1-2-12(16(14)28-9-18(20,21)22)10-4-5-13-15(6-10)25(24-17(13)23)7-11(27)8-26/h1-5,11,15,26-27H,6-9H2,(H2,23,24). The Morgan fingerprint density at radius 1 is 1.32 bits per heavy atom. The molecular formula is C18H19F4N3O3. The summed E-state index contributed by atoms with van der Waals surface area (Å²) >= 11 is 0. The van der Waals surface area contributed by atoms with Crippen LogP contribution in [0.15, 0.2) is 41.0 Å². The third kappa shape index (κ3) is 4.28. The van der Waals surface area contributed by atoms with Gasteiger partial charge in [0.1, 0.15) is 5.84 Å². The molecule has 1 aromatic carbocycles. The number of nitrogens with zero attached hydrogens (tertiary/aromatic N) is 2. The Kier molecular flexibility index (Phi) is 5.61. The molecule has 1 aliphatic heterocycles. The number of hydrogen-bond donors (Lipinski definition) is 3. The second kappa shape index (κ2) is 7.80. The Morgan fingerprint density at radius 2 is 2.07 bits per heavy atom. The molecule has 1 aromatic rings. The molecule has 2 aliphatic rings. The lowest BCUT2D eigenvalue weighted by Gasteiger charge is -2.29. The molecule has 0 amide bonds. The number of halogens is 4. The Morgan fingerprint density at radius 3 is 2.75 bits per heavy atom. The first-order valence-electron chi connectivity index (χ1n) is 8.49. The van der Waals surface area contributed by atoms with Crippen molar-refractivity contribution in [1.29, 1.82) is 0 Å². The average Bonchev–Trinajstić information content (AvgIpc) is 2.94. The van der Waals surface area contributed by atoms with Gasteiger partial charge in [0.05, 0.1) is 25.3 Å². The van der Waals surface area contributed by atoms with Crippen molar-refractivity contribution >= 4 is 11.4 Å². The van der Waals surface area contributed by atoms with Crippen LogP contribution in [0.3, 0.4) is 0 Å². The topological polar surface area (TPSA) is 91.3 Å². The number of ether oxygens (including phenoxy) is 1. The fourth-order valence-electron chi connectivity index (χ4n) is 3.18. The number of para-hydroxylation sites is 1. The van der Waals surface area contributed by atoms with Gasteiger partial charge in [-0.15, -0.1) is 0 Å². The maximum absolute atomic E-state index is 14.2. The molecule has 1 heterocycles. The molecule has 0 bridgehead atoms. The van der Waals surface area contributed by atoms with Gasteiger partial charge in [0.15, 0.2) is 18.2 Å². The van der Waals surface area contributed by atoms with Crippen LogP contribution in [-0.2, 0) is 0 Å². The molecule has 28 heavy (non-hydrogen) atoms. The summed E-state index contributed by atoms with van der Waals surface area (Å²) in [7, 11) is 0. The number of fused-ring (bicyclic) bond motifs is 1. The van der Waals surface area contributed by atoms with E-state index >= 15 is 0 Å². The van der Waals surface area contributed by atoms with Crippen LogP contribution in [0.4, 0.5) is 17.6 Å². The monoisotopic (exact) mass is 401 g/mol. The van der Waals surface area contributed by atoms with E-state index in [4.69, 9.17) is 15.6 Å². The van der Waals surface area contributed by atoms with Crippen molar-refractivity contribution in [3.63, 3.8) is 0 Å². The number of hydrazone groups is 1.